The predicted molar refractivity (Wildman–Crippen MR) is 120 cm³/mol. The van der Waals surface area contributed by atoms with Gasteiger partial charge in [0.05, 0.1) is 26.2 Å². The Kier molecular flexibility index (Phi) is 8.88. The number of halogens is 1. The molecule has 8 heteroatoms. The highest BCUT2D eigenvalue weighted by Gasteiger charge is 2.23. The summed E-state index contributed by atoms with van der Waals surface area (Å²) >= 11 is 0. The van der Waals surface area contributed by atoms with Crippen molar-refractivity contribution in [1.29, 1.82) is 5.41 Å². The number of anilines is 1. The molecule has 2 N–H and O–H groups in total. The van der Waals surface area contributed by atoms with Crippen molar-refractivity contribution in [2.45, 2.75) is 26.7 Å². The zero-order chi connectivity index (χ0) is 21.5. The third-order valence-electron chi connectivity index (χ3n) is 4.76. The molecule has 0 spiro atoms. The van der Waals surface area contributed by atoms with Gasteiger partial charge in [-0.3, -0.25) is 15.0 Å². The Balaban J connectivity index is 0.00000341. The quantitative estimate of drug-likeness (QED) is 0.377. The molecule has 0 bridgehead atoms. The maximum Gasteiger partial charge on any atom is 0.306 e. The smallest absolute Gasteiger partial charge is 0.306 e. The molecule has 0 fully saturated rings. The van der Waals surface area contributed by atoms with Crippen LogP contribution in [0.5, 0.6) is 5.75 Å². The van der Waals surface area contributed by atoms with Gasteiger partial charge in [0.15, 0.2) is 0 Å². The molecule has 1 heterocycles. The van der Waals surface area contributed by atoms with Crippen molar-refractivity contribution < 1.29 is 23.8 Å². The first-order valence-corrected chi connectivity index (χ1v) is 10.0. The summed E-state index contributed by atoms with van der Waals surface area (Å²) < 4.78 is 15.9. The van der Waals surface area contributed by atoms with Crippen molar-refractivity contribution in [3.8, 4) is 5.75 Å². The Morgan fingerprint density at radius 1 is 1.06 bits per heavy atom. The third-order valence-corrected chi connectivity index (χ3v) is 4.76. The van der Waals surface area contributed by atoms with Gasteiger partial charge in [0.25, 0.3) is 5.91 Å². The molecule has 0 aliphatic carbocycles. The number of esters is 1. The highest BCUT2D eigenvalue weighted by molar-refractivity contribution is 6.05. The van der Waals surface area contributed by atoms with Gasteiger partial charge in [-0.15, -0.1) is 12.4 Å². The lowest BCUT2D eigenvalue weighted by atomic mass is 9.93. The van der Waals surface area contributed by atoms with E-state index in [4.69, 9.17) is 19.6 Å². The number of amides is 1. The average molecular weight is 447 g/mol. The number of fused-ring (bicyclic) bond motifs is 1. The van der Waals surface area contributed by atoms with E-state index in [0.29, 0.717) is 49.5 Å². The topological polar surface area (TPSA) is 97.7 Å². The summed E-state index contributed by atoms with van der Waals surface area (Å²) in [5.41, 5.74) is 2.71. The number of nitrogens with one attached hydrogen (secondary N) is 2. The highest BCUT2D eigenvalue weighted by atomic mass is 35.5. The molecule has 7 nitrogen and oxygen atoms in total. The lowest BCUT2D eigenvalue weighted by molar-refractivity contribution is -0.144. The third kappa shape index (κ3) is 6.46. The first kappa shape index (κ1) is 24.2. The van der Waals surface area contributed by atoms with E-state index in [0.717, 1.165) is 11.3 Å². The van der Waals surface area contributed by atoms with Gasteiger partial charge in [0.2, 0.25) is 5.90 Å². The van der Waals surface area contributed by atoms with Crippen molar-refractivity contribution in [2.75, 3.05) is 25.1 Å². The first-order valence-electron chi connectivity index (χ1n) is 10.0. The maximum absolute atomic E-state index is 12.6. The molecule has 0 saturated carbocycles. The lowest BCUT2D eigenvalue weighted by Crippen LogP contribution is -2.24. The number of hydrogen-bond donors (Lipinski definition) is 2. The molecule has 1 amide bonds. The SMILES string of the molecule is CCOC(=N)c1ccc(C(=O)Nc2ccc3c(c2)CC(CC(=O)OCC)CO3)cc1.Cl. The standard InChI is InChI=1S/C23H26N2O5.ClH/c1-3-28-21(26)12-15-11-18-13-19(9-10-20(18)30-14-15)25-23(27)17-7-5-16(6-8-17)22(24)29-4-2;/h5-10,13,15,24H,3-4,11-12,14H2,1-2H3,(H,25,27);1H. The minimum atomic E-state index is -0.246. The van der Waals surface area contributed by atoms with Gasteiger partial charge in [0, 0.05) is 22.7 Å². The van der Waals surface area contributed by atoms with Crippen molar-refractivity contribution in [3.63, 3.8) is 0 Å². The van der Waals surface area contributed by atoms with Crippen LogP contribution in [0.4, 0.5) is 5.69 Å². The second-order valence-corrected chi connectivity index (χ2v) is 7.01. The molecule has 0 aromatic heterocycles. The monoisotopic (exact) mass is 446 g/mol. The summed E-state index contributed by atoms with van der Waals surface area (Å²) in [5.74, 6) is 0.434. The molecule has 1 unspecified atom stereocenters. The molecule has 0 saturated heterocycles. The minimum Gasteiger partial charge on any atom is -0.493 e. The number of carbonyl (C=O) groups is 2. The van der Waals surface area contributed by atoms with Crippen LogP contribution in [0.3, 0.4) is 0 Å². The summed E-state index contributed by atoms with van der Waals surface area (Å²) in [6.07, 6.45) is 0.999. The minimum absolute atomic E-state index is 0. The van der Waals surface area contributed by atoms with E-state index in [1.54, 1.807) is 37.3 Å². The molecular weight excluding hydrogens is 420 g/mol. The molecule has 1 aliphatic heterocycles. The van der Waals surface area contributed by atoms with Crippen LogP contribution in [-0.2, 0) is 20.7 Å². The fraction of sp³-hybridized carbons (Fsp3) is 0.348. The number of benzene rings is 2. The lowest BCUT2D eigenvalue weighted by Gasteiger charge is -2.25. The Morgan fingerprint density at radius 3 is 2.42 bits per heavy atom. The number of ether oxygens (including phenoxy) is 3. The molecule has 2 aromatic rings. The number of hydrogen-bond acceptors (Lipinski definition) is 6. The fourth-order valence-electron chi connectivity index (χ4n) is 3.33. The van der Waals surface area contributed by atoms with E-state index in [2.05, 4.69) is 5.32 Å². The average Bonchev–Trinajstić information content (AvgIpc) is 2.74. The van der Waals surface area contributed by atoms with E-state index in [1.165, 1.54) is 0 Å². The van der Waals surface area contributed by atoms with Gasteiger partial charge in [-0.1, -0.05) is 0 Å². The van der Waals surface area contributed by atoms with E-state index in [-0.39, 0.29) is 36.1 Å². The van der Waals surface area contributed by atoms with E-state index < -0.39 is 0 Å². The Hall–Kier alpha value is -3.06. The van der Waals surface area contributed by atoms with Crippen molar-refractivity contribution in [1.82, 2.24) is 0 Å². The van der Waals surface area contributed by atoms with Crippen LogP contribution in [0.2, 0.25) is 0 Å². The van der Waals surface area contributed by atoms with E-state index in [1.807, 2.05) is 19.1 Å². The van der Waals surface area contributed by atoms with Crippen LogP contribution in [0.25, 0.3) is 0 Å². The van der Waals surface area contributed by atoms with Gasteiger partial charge in [-0.05, 0) is 68.3 Å². The zero-order valence-electron chi connectivity index (χ0n) is 17.6. The molecule has 3 rings (SSSR count). The van der Waals surface area contributed by atoms with Gasteiger partial charge in [-0.25, -0.2) is 0 Å². The van der Waals surface area contributed by atoms with E-state index >= 15 is 0 Å². The second-order valence-electron chi connectivity index (χ2n) is 7.01. The van der Waals surface area contributed by atoms with Crippen LogP contribution in [-0.4, -0.2) is 37.6 Å². The summed E-state index contributed by atoms with van der Waals surface area (Å²) in [6, 6.07) is 12.2. The van der Waals surface area contributed by atoms with Crippen molar-refractivity contribution in [3.05, 3.63) is 59.2 Å². The molecule has 166 valence electrons. The van der Waals surface area contributed by atoms with Crippen molar-refractivity contribution >= 4 is 35.9 Å². The highest BCUT2D eigenvalue weighted by Crippen LogP contribution is 2.31. The summed E-state index contributed by atoms with van der Waals surface area (Å²) in [6.45, 7) is 4.87. The summed E-state index contributed by atoms with van der Waals surface area (Å²) in [7, 11) is 0. The molecule has 2 aromatic carbocycles. The molecule has 0 radical (unpaired) electrons. The second kappa shape index (κ2) is 11.4. The number of carbonyl (C=O) groups excluding carboxylic acids is 2. The Bertz CT molecular complexity index is 930. The molecule has 31 heavy (non-hydrogen) atoms. The summed E-state index contributed by atoms with van der Waals surface area (Å²) in [4.78, 5) is 24.3. The van der Waals surface area contributed by atoms with Crippen LogP contribution >= 0.6 is 12.4 Å². The summed E-state index contributed by atoms with van der Waals surface area (Å²) in [5, 5.41) is 10.7. The Labute approximate surface area is 188 Å². The van der Waals surface area contributed by atoms with Gasteiger partial charge < -0.3 is 19.5 Å². The molecular formula is C23H27ClN2O5. The maximum atomic E-state index is 12.6. The zero-order valence-corrected chi connectivity index (χ0v) is 18.4. The van der Waals surface area contributed by atoms with Crippen LogP contribution in [0, 0.1) is 11.3 Å². The molecule has 1 atom stereocenters. The number of rotatable bonds is 7. The van der Waals surface area contributed by atoms with Crippen LogP contribution in [0.1, 0.15) is 41.8 Å². The van der Waals surface area contributed by atoms with Crippen LogP contribution < -0.4 is 10.1 Å². The Morgan fingerprint density at radius 2 is 1.74 bits per heavy atom. The van der Waals surface area contributed by atoms with Crippen LogP contribution in [0.15, 0.2) is 42.5 Å². The van der Waals surface area contributed by atoms with Gasteiger partial charge >= 0.3 is 5.97 Å². The first-order chi connectivity index (χ1) is 14.5. The normalized spacial score (nSPS) is 14.3. The van der Waals surface area contributed by atoms with E-state index in [9.17, 15) is 9.59 Å². The van der Waals surface area contributed by atoms with Gasteiger partial charge in [-0.2, -0.15) is 0 Å². The largest absolute Gasteiger partial charge is 0.493 e. The van der Waals surface area contributed by atoms with Gasteiger partial charge in [0.1, 0.15) is 5.75 Å². The predicted octanol–water partition coefficient (Wildman–Crippen LogP) is 4.23. The van der Waals surface area contributed by atoms with Crippen molar-refractivity contribution in [2.24, 2.45) is 5.92 Å². The molecule has 1 aliphatic rings. The fourth-order valence-corrected chi connectivity index (χ4v) is 3.33.